The topological polar surface area (TPSA) is 87.9 Å². The monoisotopic (exact) mass is 470 g/mol. The Morgan fingerprint density at radius 1 is 1.20 bits per heavy atom. The molecule has 2 N–H and O–H groups in total. The Bertz CT molecular complexity index is 809. The second kappa shape index (κ2) is 7.95. The first kappa shape index (κ1) is 17.9. The van der Waals surface area contributed by atoms with Crippen molar-refractivity contribution in [3.63, 3.8) is 0 Å². The fraction of sp³-hybridized carbons (Fsp3) is 0.333. The molecule has 0 aliphatic carbocycles. The molecule has 0 amide bonds. The fourth-order valence-electron chi connectivity index (χ4n) is 2.70. The number of aliphatic imine (C=N–C) groups is 1. The second-order valence-electron chi connectivity index (χ2n) is 5.52. The molecule has 8 nitrogen and oxygen atoms in total. The van der Waals surface area contributed by atoms with Crippen LogP contribution in [0.1, 0.15) is 5.69 Å². The number of rotatable bonds is 3. The van der Waals surface area contributed by atoms with Gasteiger partial charge in [0.05, 0.1) is 12.2 Å². The summed E-state index contributed by atoms with van der Waals surface area (Å²) in [7, 11) is 0. The van der Waals surface area contributed by atoms with E-state index < -0.39 is 0 Å². The first-order chi connectivity index (χ1) is 11.8. The minimum absolute atomic E-state index is 0. The molecule has 0 bridgehead atoms. The Hall–Kier alpha value is -1.95. The van der Waals surface area contributed by atoms with Gasteiger partial charge in [0.1, 0.15) is 0 Å². The number of nitrogens with zero attached hydrogens (tertiary/aromatic N) is 7. The lowest BCUT2D eigenvalue weighted by molar-refractivity contribution is 0.378. The number of imidazole rings is 1. The first-order valence-corrected chi connectivity index (χ1v) is 8.65. The van der Waals surface area contributed by atoms with Gasteiger partial charge in [-0.25, -0.2) is 19.9 Å². The summed E-state index contributed by atoms with van der Waals surface area (Å²) in [6, 6.07) is 1.82. The Morgan fingerprint density at radius 2 is 1.96 bits per heavy atom. The standard InChI is InChI=1S/C15H18N8S.HI/c16-13(19-10-12-11-23-8-9-24-15(23)20-12)21-4-6-22(7-5-21)14-17-2-1-3-18-14;/h1-3,8-9,11H,4-7,10H2,(H2,16,19);1H. The van der Waals surface area contributed by atoms with Crippen LogP contribution in [0.2, 0.25) is 0 Å². The lowest BCUT2D eigenvalue weighted by atomic mass is 10.3. The molecule has 3 aromatic rings. The van der Waals surface area contributed by atoms with Gasteiger partial charge in [-0.15, -0.1) is 35.3 Å². The van der Waals surface area contributed by atoms with Crippen molar-refractivity contribution < 1.29 is 0 Å². The van der Waals surface area contributed by atoms with E-state index >= 15 is 0 Å². The Morgan fingerprint density at radius 3 is 2.68 bits per heavy atom. The van der Waals surface area contributed by atoms with Crippen molar-refractivity contribution in [3.8, 4) is 0 Å². The Balaban J connectivity index is 0.00000182. The molecular formula is C15H19IN8S. The van der Waals surface area contributed by atoms with E-state index in [9.17, 15) is 0 Å². The number of nitrogens with two attached hydrogens (primary N) is 1. The molecule has 0 radical (unpaired) electrons. The van der Waals surface area contributed by atoms with E-state index in [4.69, 9.17) is 5.73 Å². The highest BCUT2D eigenvalue weighted by Crippen LogP contribution is 2.12. The van der Waals surface area contributed by atoms with Crippen LogP contribution >= 0.6 is 35.3 Å². The molecule has 1 saturated heterocycles. The van der Waals surface area contributed by atoms with Crippen LogP contribution in [0.3, 0.4) is 0 Å². The summed E-state index contributed by atoms with van der Waals surface area (Å²) in [6.07, 6.45) is 7.52. The summed E-state index contributed by atoms with van der Waals surface area (Å²) in [5.41, 5.74) is 7.08. The van der Waals surface area contributed by atoms with E-state index in [1.54, 1.807) is 23.7 Å². The SMILES string of the molecule is I.NC(=NCc1cn2ccsc2n1)N1CCN(c2ncccn2)CC1. The highest BCUT2D eigenvalue weighted by molar-refractivity contribution is 14.0. The van der Waals surface area contributed by atoms with Gasteiger partial charge >= 0.3 is 0 Å². The van der Waals surface area contributed by atoms with Crippen molar-refractivity contribution in [2.75, 3.05) is 31.1 Å². The van der Waals surface area contributed by atoms with Crippen LogP contribution in [-0.2, 0) is 6.54 Å². The molecule has 132 valence electrons. The lowest BCUT2D eigenvalue weighted by Gasteiger charge is -2.35. The average Bonchev–Trinajstić information content (AvgIpc) is 3.22. The van der Waals surface area contributed by atoms with Crippen LogP contribution in [0.4, 0.5) is 5.95 Å². The second-order valence-corrected chi connectivity index (χ2v) is 6.40. The third kappa shape index (κ3) is 4.00. The highest BCUT2D eigenvalue weighted by Gasteiger charge is 2.19. The molecule has 4 heterocycles. The fourth-order valence-corrected chi connectivity index (χ4v) is 3.42. The summed E-state index contributed by atoms with van der Waals surface area (Å²) < 4.78 is 2.00. The van der Waals surface area contributed by atoms with Gasteiger partial charge in [-0.2, -0.15) is 0 Å². The van der Waals surface area contributed by atoms with Crippen LogP contribution in [-0.4, -0.2) is 56.4 Å². The van der Waals surface area contributed by atoms with Gasteiger partial charge in [0.2, 0.25) is 5.95 Å². The lowest BCUT2D eigenvalue weighted by Crippen LogP contribution is -2.51. The first-order valence-electron chi connectivity index (χ1n) is 7.77. The van der Waals surface area contributed by atoms with Crippen LogP contribution in [0.15, 0.2) is 41.2 Å². The molecule has 3 aromatic heterocycles. The molecule has 0 aromatic carbocycles. The number of aromatic nitrogens is 4. The molecule has 1 aliphatic heterocycles. The molecule has 4 rings (SSSR count). The normalized spacial score (nSPS) is 15.4. The van der Waals surface area contributed by atoms with Crippen molar-refractivity contribution >= 4 is 52.2 Å². The maximum atomic E-state index is 6.14. The molecule has 0 unspecified atom stereocenters. The number of hydrogen-bond acceptors (Lipinski definition) is 6. The van der Waals surface area contributed by atoms with Crippen molar-refractivity contribution in [3.05, 3.63) is 41.9 Å². The van der Waals surface area contributed by atoms with Crippen molar-refractivity contribution in [2.24, 2.45) is 10.7 Å². The number of anilines is 1. The highest BCUT2D eigenvalue weighted by atomic mass is 127. The smallest absolute Gasteiger partial charge is 0.225 e. The van der Waals surface area contributed by atoms with E-state index in [2.05, 4.69) is 29.7 Å². The van der Waals surface area contributed by atoms with E-state index in [0.29, 0.717) is 12.5 Å². The summed E-state index contributed by atoms with van der Waals surface area (Å²) >= 11 is 1.61. The van der Waals surface area contributed by atoms with Gasteiger partial charge < -0.3 is 15.5 Å². The summed E-state index contributed by atoms with van der Waals surface area (Å²) in [5.74, 6) is 1.34. The molecule has 25 heavy (non-hydrogen) atoms. The van der Waals surface area contributed by atoms with Gasteiger partial charge in [-0.1, -0.05) is 0 Å². The summed E-state index contributed by atoms with van der Waals surface area (Å²) in [4.78, 5) is 22.8. The van der Waals surface area contributed by atoms with Crippen LogP contribution < -0.4 is 10.6 Å². The summed E-state index contributed by atoms with van der Waals surface area (Å²) in [6.45, 7) is 3.79. The average molecular weight is 470 g/mol. The zero-order valence-corrected chi connectivity index (χ0v) is 16.7. The molecule has 10 heteroatoms. The number of piperazine rings is 1. The van der Waals surface area contributed by atoms with E-state index in [1.807, 2.05) is 28.2 Å². The molecule has 0 spiro atoms. The van der Waals surface area contributed by atoms with Crippen molar-refractivity contribution in [1.29, 1.82) is 0 Å². The number of halogens is 1. The zero-order valence-electron chi connectivity index (χ0n) is 13.5. The van der Waals surface area contributed by atoms with Crippen LogP contribution in [0, 0.1) is 0 Å². The zero-order chi connectivity index (χ0) is 16.4. The third-order valence-corrected chi connectivity index (χ3v) is 4.76. The Kier molecular flexibility index (Phi) is 5.68. The quantitative estimate of drug-likeness (QED) is 0.354. The molecule has 1 aliphatic rings. The van der Waals surface area contributed by atoms with Crippen molar-refractivity contribution in [2.45, 2.75) is 6.54 Å². The minimum atomic E-state index is 0. The van der Waals surface area contributed by atoms with Gasteiger partial charge in [0.25, 0.3) is 0 Å². The molecule has 1 fully saturated rings. The maximum Gasteiger partial charge on any atom is 0.225 e. The maximum absolute atomic E-state index is 6.14. The molecule has 0 saturated carbocycles. The predicted octanol–water partition coefficient (Wildman–Crippen LogP) is 1.44. The van der Waals surface area contributed by atoms with Crippen LogP contribution in [0.25, 0.3) is 4.96 Å². The largest absolute Gasteiger partial charge is 0.370 e. The number of thiazole rings is 1. The van der Waals surface area contributed by atoms with Gasteiger partial charge in [0, 0.05) is 56.3 Å². The third-order valence-electron chi connectivity index (χ3n) is 3.98. The van der Waals surface area contributed by atoms with Gasteiger partial charge in [-0.3, -0.25) is 4.40 Å². The molecular weight excluding hydrogens is 451 g/mol. The number of fused-ring (bicyclic) bond motifs is 1. The van der Waals surface area contributed by atoms with Gasteiger partial charge in [0.15, 0.2) is 10.9 Å². The number of hydrogen-bond donors (Lipinski definition) is 1. The van der Waals surface area contributed by atoms with E-state index in [0.717, 1.165) is 42.8 Å². The Labute approximate surface area is 166 Å². The van der Waals surface area contributed by atoms with E-state index in [1.165, 1.54) is 0 Å². The summed E-state index contributed by atoms with van der Waals surface area (Å²) in [5, 5.41) is 2.01. The van der Waals surface area contributed by atoms with E-state index in [-0.39, 0.29) is 24.0 Å². The molecule has 0 atom stereocenters. The van der Waals surface area contributed by atoms with Crippen LogP contribution in [0.5, 0.6) is 0 Å². The predicted molar refractivity (Wildman–Crippen MR) is 110 cm³/mol. The van der Waals surface area contributed by atoms with Gasteiger partial charge in [-0.05, 0) is 6.07 Å². The van der Waals surface area contributed by atoms with Crippen molar-refractivity contribution in [1.82, 2.24) is 24.3 Å². The number of guanidine groups is 1. The minimum Gasteiger partial charge on any atom is -0.370 e.